The Morgan fingerprint density at radius 3 is 2.58 bits per heavy atom. The molecule has 2 unspecified atom stereocenters. The topological polar surface area (TPSA) is 30.5 Å². The molecule has 0 aliphatic rings. The minimum absolute atomic E-state index is 0.306. The molecular formula is C15H24BrNO2. The van der Waals surface area contributed by atoms with Crippen LogP contribution in [-0.2, 0) is 11.2 Å². The lowest BCUT2D eigenvalue weighted by Crippen LogP contribution is -2.29. The number of ether oxygens (including phenoxy) is 2. The maximum atomic E-state index is 5.42. The molecule has 0 saturated heterocycles. The zero-order valence-electron chi connectivity index (χ0n) is 12.2. The lowest BCUT2D eigenvalue weighted by atomic mass is 10.00. The molecule has 2 atom stereocenters. The molecule has 1 aromatic rings. The van der Waals surface area contributed by atoms with Crippen LogP contribution >= 0.6 is 15.9 Å². The normalized spacial score (nSPS) is 14.2. The first-order chi connectivity index (χ1) is 9.10. The van der Waals surface area contributed by atoms with Crippen molar-refractivity contribution in [2.45, 2.75) is 38.3 Å². The molecule has 19 heavy (non-hydrogen) atoms. The maximum absolute atomic E-state index is 5.42. The van der Waals surface area contributed by atoms with Crippen LogP contribution < -0.4 is 10.1 Å². The molecule has 4 heteroatoms. The maximum Gasteiger partial charge on any atom is 0.122 e. The summed E-state index contributed by atoms with van der Waals surface area (Å²) in [5, 5.41) is 3.37. The lowest BCUT2D eigenvalue weighted by Gasteiger charge is -2.19. The molecule has 0 aliphatic heterocycles. The van der Waals surface area contributed by atoms with Crippen molar-refractivity contribution in [3.05, 3.63) is 28.2 Å². The highest BCUT2D eigenvalue weighted by Gasteiger charge is 2.13. The van der Waals surface area contributed by atoms with Gasteiger partial charge in [0.1, 0.15) is 5.75 Å². The van der Waals surface area contributed by atoms with Gasteiger partial charge in [0.05, 0.1) is 13.2 Å². The molecule has 1 aromatic carbocycles. The van der Waals surface area contributed by atoms with Crippen LogP contribution in [0.2, 0.25) is 0 Å². The van der Waals surface area contributed by atoms with Crippen molar-refractivity contribution in [1.29, 1.82) is 0 Å². The third-order valence-corrected chi connectivity index (χ3v) is 3.93. The number of hydrogen-bond donors (Lipinski definition) is 1. The molecule has 0 bridgehead atoms. The van der Waals surface area contributed by atoms with Gasteiger partial charge in [-0.1, -0.05) is 15.9 Å². The number of methoxy groups -OCH3 is 2. The van der Waals surface area contributed by atoms with Gasteiger partial charge in [0.2, 0.25) is 0 Å². The molecule has 0 radical (unpaired) electrons. The van der Waals surface area contributed by atoms with Crippen molar-refractivity contribution in [3.8, 4) is 5.75 Å². The number of hydrogen-bond acceptors (Lipinski definition) is 3. The molecule has 108 valence electrons. The van der Waals surface area contributed by atoms with Crippen molar-refractivity contribution in [2.24, 2.45) is 0 Å². The Labute approximate surface area is 124 Å². The van der Waals surface area contributed by atoms with Gasteiger partial charge in [-0.3, -0.25) is 0 Å². The largest absolute Gasteiger partial charge is 0.496 e. The van der Waals surface area contributed by atoms with E-state index in [2.05, 4.69) is 34.2 Å². The Bertz CT molecular complexity index is 384. The SMILES string of the molecule is CNC(CCC(C)OC)Cc1cc(Br)ccc1OC. The van der Waals surface area contributed by atoms with E-state index in [1.807, 2.05) is 19.2 Å². The van der Waals surface area contributed by atoms with Gasteiger partial charge >= 0.3 is 0 Å². The van der Waals surface area contributed by atoms with Gasteiger partial charge in [-0.15, -0.1) is 0 Å². The van der Waals surface area contributed by atoms with Gasteiger partial charge in [-0.2, -0.15) is 0 Å². The molecule has 0 saturated carbocycles. The highest BCUT2D eigenvalue weighted by Crippen LogP contribution is 2.25. The van der Waals surface area contributed by atoms with E-state index >= 15 is 0 Å². The van der Waals surface area contributed by atoms with Crippen molar-refractivity contribution in [2.75, 3.05) is 21.3 Å². The van der Waals surface area contributed by atoms with Crippen LogP contribution in [0.3, 0.4) is 0 Å². The Morgan fingerprint density at radius 1 is 1.26 bits per heavy atom. The standard InChI is InChI=1S/C15H24BrNO2/c1-11(18-3)5-7-14(17-2)10-12-9-13(16)6-8-15(12)19-4/h6,8-9,11,14,17H,5,7,10H2,1-4H3. The smallest absolute Gasteiger partial charge is 0.122 e. The summed E-state index contributed by atoms with van der Waals surface area (Å²) < 4.78 is 11.8. The van der Waals surface area contributed by atoms with Gasteiger partial charge in [-0.25, -0.2) is 0 Å². The first-order valence-electron chi connectivity index (χ1n) is 6.63. The van der Waals surface area contributed by atoms with E-state index in [0.29, 0.717) is 12.1 Å². The zero-order valence-corrected chi connectivity index (χ0v) is 13.8. The monoisotopic (exact) mass is 329 g/mol. The van der Waals surface area contributed by atoms with Crippen molar-refractivity contribution < 1.29 is 9.47 Å². The molecule has 0 amide bonds. The van der Waals surface area contributed by atoms with Crippen LogP contribution in [0.1, 0.15) is 25.3 Å². The summed E-state index contributed by atoms with van der Waals surface area (Å²) in [6.07, 6.45) is 3.40. The number of rotatable bonds is 8. The van der Waals surface area contributed by atoms with Gasteiger partial charge in [0, 0.05) is 17.6 Å². The van der Waals surface area contributed by atoms with Gasteiger partial charge < -0.3 is 14.8 Å². The van der Waals surface area contributed by atoms with E-state index in [9.17, 15) is 0 Å². The average Bonchev–Trinajstić information content (AvgIpc) is 2.43. The predicted octanol–water partition coefficient (Wildman–Crippen LogP) is 3.40. The first-order valence-corrected chi connectivity index (χ1v) is 7.42. The Morgan fingerprint density at radius 2 is 2.00 bits per heavy atom. The molecule has 0 heterocycles. The Kier molecular flexibility index (Phi) is 7.42. The Hall–Kier alpha value is -0.580. The van der Waals surface area contributed by atoms with Crippen LogP contribution in [0.25, 0.3) is 0 Å². The molecule has 0 aliphatic carbocycles. The average molecular weight is 330 g/mol. The number of nitrogens with one attached hydrogen (secondary N) is 1. The molecule has 0 spiro atoms. The Balaban J connectivity index is 2.66. The van der Waals surface area contributed by atoms with Crippen molar-refractivity contribution >= 4 is 15.9 Å². The minimum Gasteiger partial charge on any atom is -0.496 e. The summed E-state index contributed by atoms with van der Waals surface area (Å²) in [7, 11) is 5.48. The second kappa shape index (κ2) is 8.56. The summed E-state index contributed by atoms with van der Waals surface area (Å²) in [5.74, 6) is 0.947. The van der Waals surface area contributed by atoms with Crippen molar-refractivity contribution in [1.82, 2.24) is 5.32 Å². The fraction of sp³-hybridized carbons (Fsp3) is 0.600. The first kappa shape index (κ1) is 16.5. The molecule has 1 rings (SSSR count). The molecular weight excluding hydrogens is 306 g/mol. The third-order valence-electron chi connectivity index (χ3n) is 3.44. The summed E-state index contributed by atoms with van der Waals surface area (Å²) in [4.78, 5) is 0. The fourth-order valence-corrected chi connectivity index (χ4v) is 2.48. The van der Waals surface area contributed by atoms with Crippen molar-refractivity contribution in [3.63, 3.8) is 0 Å². The van der Waals surface area contributed by atoms with Crippen LogP contribution in [0, 0.1) is 0 Å². The quantitative estimate of drug-likeness (QED) is 0.792. The summed E-state index contributed by atoms with van der Waals surface area (Å²) >= 11 is 3.51. The van der Waals surface area contributed by atoms with Crippen LogP contribution in [0.4, 0.5) is 0 Å². The van der Waals surface area contributed by atoms with E-state index in [1.165, 1.54) is 5.56 Å². The van der Waals surface area contributed by atoms with Crippen LogP contribution in [-0.4, -0.2) is 33.4 Å². The van der Waals surface area contributed by atoms with E-state index in [4.69, 9.17) is 9.47 Å². The lowest BCUT2D eigenvalue weighted by molar-refractivity contribution is 0.106. The van der Waals surface area contributed by atoms with Gasteiger partial charge in [-0.05, 0) is 57.0 Å². The van der Waals surface area contributed by atoms with E-state index in [0.717, 1.165) is 29.5 Å². The molecule has 0 aromatic heterocycles. The molecule has 3 nitrogen and oxygen atoms in total. The van der Waals surface area contributed by atoms with E-state index < -0.39 is 0 Å². The fourth-order valence-electron chi connectivity index (χ4n) is 2.07. The van der Waals surface area contributed by atoms with E-state index in [1.54, 1.807) is 14.2 Å². The summed E-state index contributed by atoms with van der Waals surface area (Å²) in [6, 6.07) is 6.57. The number of likely N-dealkylation sites (N-methyl/N-ethyl adjacent to an activating group) is 1. The highest BCUT2D eigenvalue weighted by atomic mass is 79.9. The third kappa shape index (κ3) is 5.51. The number of halogens is 1. The number of benzene rings is 1. The highest BCUT2D eigenvalue weighted by molar-refractivity contribution is 9.10. The minimum atomic E-state index is 0.306. The van der Waals surface area contributed by atoms with Crippen LogP contribution in [0.15, 0.2) is 22.7 Å². The van der Waals surface area contributed by atoms with Gasteiger partial charge in [0.15, 0.2) is 0 Å². The zero-order chi connectivity index (χ0) is 14.3. The summed E-state index contributed by atoms with van der Waals surface area (Å²) in [5.41, 5.74) is 1.22. The second-order valence-electron chi connectivity index (χ2n) is 4.77. The van der Waals surface area contributed by atoms with Gasteiger partial charge in [0.25, 0.3) is 0 Å². The molecule has 1 N–H and O–H groups in total. The second-order valence-corrected chi connectivity index (χ2v) is 5.69. The van der Waals surface area contributed by atoms with E-state index in [-0.39, 0.29) is 0 Å². The van der Waals surface area contributed by atoms with Crippen LogP contribution in [0.5, 0.6) is 5.75 Å². The predicted molar refractivity (Wildman–Crippen MR) is 83.0 cm³/mol. The molecule has 0 fully saturated rings. The summed E-state index contributed by atoms with van der Waals surface area (Å²) in [6.45, 7) is 2.10.